The van der Waals surface area contributed by atoms with E-state index in [1.54, 1.807) is 13.0 Å². The van der Waals surface area contributed by atoms with Crippen LogP contribution in [0.2, 0.25) is 4.34 Å². The van der Waals surface area contributed by atoms with E-state index in [2.05, 4.69) is 0 Å². The summed E-state index contributed by atoms with van der Waals surface area (Å²) in [5.74, 6) is -1.53. The molecule has 0 fully saturated rings. The largest absolute Gasteiger partial charge is 0.383 e. The standard InChI is InChI=1S/C12H9ClF2OS/c1-6-5-9(17-12(6)13)11(16)10-7(14)3-2-4-8(10)15/h2-5,11,16H,1H3. The van der Waals surface area contributed by atoms with Gasteiger partial charge in [0.25, 0.3) is 0 Å². The molecule has 90 valence electrons. The van der Waals surface area contributed by atoms with Crippen LogP contribution >= 0.6 is 22.9 Å². The van der Waals surface area contributed by atoms with Crippen molar-refractivity contribution in [2.45, 2.75) is 13.0 Å². The molecule has 1 heterocycles. The molecule has 0 saturated heterocycles. The summed E-state index contributed by atoms with van der Waals surface area (Å²) < 4.78 is 27.4. The first-order valence-corrected chi connectivity index (χ1v) is 6.08. The number of aryl methyl sites for hydroxylation is 1. The summed E-state index contributed by atoms with van der Waals surface area (Å²) in [5.41, 5.74) is 0.438. The lowest BCUT2D eigenvalue weighted by Gasteiger charge is -2.10. The Labute approximate surface area is 106 Å². The predicted octanol–water partition coefficient (Wildman–Crippen LogP) is 4.07. The Hall–Kier alpha value is -0.970. The SMILES string of the molecule is Cc1cc(C(O)c2c(F)cccc2F)sc1Cl. The second kappa shape index (κ2) is 4.72. The lowest BCUT2D eigenvalue weighted by atomic mass is 10.1. The van der Waals surface area contributed by atoms with E-state index in [0.29, 0.717) is 9.21 Å². The van der Waals surface area contributed by atoms with E-state index in [1.807, 2.05) is 0 Å². The van der Waals surface area contributed by atoms with Crippen LogP contribution in [0.15, 0.2) is 24.3 Å². The van der Waals surface area contributed by atoms with E-state index in [1.165, 1.54) is 6.07 Å². The van der Waals surface area contributed by atoms with Crippen LogP contribution in [0.25, 0.3) is 0 Å². The molecule has 17 heavy (non-hydrogen) atoms. The van der Waals surface area contributed by atoms with Gasteiger partial charge >= 0.3 is 0 Å². The predicted molar refractivity (Wildman–Crippen MR) is 64.5 cm³/mol. The minimum atomic E-state index is -1.33. The average molecular weight is 275 g/mol. The maximum absolute atomic E-state index is 13.5. The topological polar surface area (TPSA) is 20.2 Å². The molecule has 1 N–H and O–H groups in total. The van der Waals surface area contributed by atoms with E-state index in [4.69, 9.17) is 11.6 Å². The number of aliphatic hydroxyl groups excluding tert-OH is 1. The molecule has 0 aliphatic carbocycles. The fourth-order valence-electron chi connectivity index (χ4n) is 1.53. The molecule has 0 amide bonds. The zero-order chi connectivity index (χ0) is 12.6. The van der Waals surface area contributed by atoms with Crippen molar-refractivity contribution in [1.29, 1.82) is 0 Å². The molecule has 0 bridgehead atoms. The Morgan fingerprint density at radius 1 is 1.29 bits per heavy atom. The third-order valence-corrected chi connectivity index (χ3v) is 4.03. The molecule has 0 aliphatic heterocycles. The maximum atomic E-state index is 13.5. The molecule has 1 aromatic carbocycles. The van der Waals surface area contributed by atoms with E-state index < -0.39 is 17.7 Å². The third kappa shape index (κ3) is 2.34. The van der Waals surface area contributed by atoms with Crippen molar-refractivity contribution in [2.75, 3.05) is 0 Å². The highest BCUT2D eigenvalue weighted by atomic mass is 35.5. The van der Waals surface area contributed by atoms with Gasteiger partial charge in [-0.3, -0.25) is 0 Å². The first kappa shape index (κ1) is 12.5. The first-order chi connectivity index (χ1) is 8.00. The fraction of sp³-hybridized carbons (Fsp3) is 0.167. The number of rotatable bonds is 2. The highest BCUT2D eigenvalue weighted by Crippen LogP contribution is 2.35. The molecule has 5 heteroatoms. The zero-order valence-electron chi connectivity index (χ0n) is 8.88. The van der Waals surface area contributed by atoms with E-state index in [0.717, 1.165) is 29.0 Å². The first-order valence-electron chi connectivity index (χ1n) is 4.88. The average Bonchev–Trinajstić information content (AvgIpc) is 2.59. The van der Waals surface area contributed by atoms with Crippen LogP contribution in [0, 0.1) is 18.6 Å². The van der Waals surface area contributed by atoms with Gasteiger partial charge in [-0.25, -0.2) is 8.78 Å². The van der Waals surface area contributed by atoms with Gasteiger partial charge in [-0.15, -0.1) is 11.3 Å². The molecule has 0 spiro atoms. The molecule has 0 radical (unpaired) electrons. The Morgan fingerprint density at radius 2 is 1.88 bits per heavy atom. The second-order valence-corrected chi connectivity index (χ2v) is 5.33. The molecule has 0 saturated carbocycles. The summed E-state index contributed by atoms with van der Waals surface area (Å²) in [5, 5.41) is 9.96. The summed E-state index contributed by atoms with van der Waals surface area (Å²) in [6.45, 7) is 1.77. The van der Waals surface area contributed by atoms with E-state index in [-0.39, 0.29) is 5.56 Å². The molecule has 2 aromatic rings. The van der Waals surface area contributed by atoms with Gasteiger partial charge in [-0.1, -0.05) is 17.7 Å². The van der Waals surface area contributed by atoms with Gasteiger partial charge in [-0.2, -0.15) is 0 Å². The summed E-state index contributed by atoms with van der Waals surface area (Å²) in [4.78, 5) is 0.427. The zero-order valence-corrected chi connectivity index (χ0v) is 10.4. The van der Waals surface area contributed by atoms with Gasteiger partial charge in [0.15, 0.2) is 0 Å². The van der Waals surface area contributed by atoms with Crippen molar-refractivity contribution < 1.29 is 13.9 Å². The van der Waals surface area contributed by atoms with Crippen molar-refractivity contribution in [3.05, 3.63) is 56.2 Å². The highest BCUT2D eigenvalue weighted by Gasteiger charge is 2.21. The fourth-order valence-corrected chi connectivity index (χ4v) is 2.75. The van der Waals surface area contributed by atoms with Crippen molar-refractivity contribution in [1.82, 2.24) is 0 Å². The lowest BCUT2D eigenvalue weighted by Crippen LogP contribution is -2.03. The highest BCUT2D eigenvalue weighted by molar-refractivity contribution is 7.16. The summed E-state index contributed by atoms with van der Waals surface area (Å²) in [6, 6.07) is 5.12. The second-order valence-electron chi connectivity index (χ2n) is 3.64. The van der Waals surface area contributed by atoms with Crippen LogP contribution in [0.5, 0.6) is 0 Å². The molecular formula is C12H9ClF2OS. The summed E-state index contributed by atoms with van der Waals surface area (Å²) in [7, 11) is 0. The molecule has 1 nitrogen and oxygen atoms in total. The van der Waals surface area contributed by atoms with Crippen LogP contribution in [0.3, 0.4) is 0 Å². The minimum Gasteiger partial charge on any atom is -0.383 e. The molecule has 0 aliphatic rings. The Bertz CT molecular complexity index is 514. The number of hydrogen-bond donors (Lipinski definition) is 1. The van der Waals surface area contributed by atoms with Gasteiger partial charge in [0.1, 0.15) is 17.7 Å². The summed E-state index contributed by atoms with van der Waals surface area (Å²) >= 11 is 6.98. The number of halogens is 3. The van der Waals surface area contributed by atoms with Gasteiger partial charge in [0.05, 0.1) is 9.90 Å². The van der Waals surface area contributed by atoms with Crippen molar-refractivity contribution in [3.8, 4) is 0 Å². The number of thiophene rings is 1. The van der Waals surface area contributed by atoms with Gasteiger partial charge in [-0.05, 0) is 30.7 Å². The van der Waals surface area contributed by atoms with Crippen molar-refractivity contribution >= 4 is 22.9 Å². The molecule has 1 aromatic heterocycles. The minimum absolute atomic E-state index is 0.342. The van der Waals surface area contributed by atoms with E-state index in [9.17, 15) is 13.9 Å². The molecular weight excluding hydrogens is 266 g/mol. The van der Waals surface area contributed by atoms with Gasteiger partial charge in [0.2, 0.25) is 0 Å². The molecule has 2 rings (SSSR count). The van der Waals surface area contributed by atoms with Crippen LogP contribution < -0.4 is 0 Å². The van der Waals surface area contributed by atoms with Gasteiger partial charge in [0, 0.05) is 4.88 Å². The Morgan fingerprint density at radius 3 is 2.35 bits per heavy atom. The normalized spacial score (nSPS) is 12.8. The number of benzene rings is 1. The quantitative estimate of drug-likeness (QED) is 0.875. The van der Waals surface area contributed by atoms with E-state index >= 15 is 0 Å². The number of hydrogen-bond acceptors (Lipinski definition) is 2. The van der Waals surface area contributed by atoms with Crippen LogP contribution in [-0.4, -0.2) is 5.11 Å². The Kier molecular flexibility index (Phi) is 3.47. The maximum Gasteiger partial charge on any atom is 0.132 e. The smallest absolute Gasteiger partial charge is 0.132 e. The van der Waals surface area contributed by atoms with Crippen LogP contribution in [-0.2, 0) is 0 Å². The van der Waals surface area contributed by atoms with Crippen molar-refractivity contribution in [2.24, 2.45) is 0 Å². The lowest BCUT2D eigenvalue weighted by molar-refractivity contribution is 0.212. The molecule has 1 atom stereocenters. The summed E-state index contributed by atoms with van der Waals surface area (Å²) in [6.07, 6.45) is -1.33. The number of aliphatic hydroxyl groups is 1. The van der Waals surface area contributed by atoms with Crippen LogP contribution in [0.1, 0.15) is 22.1 Å². The van der Waals surface area contributed by atoms with Crippen LogP contribution in [0.4, 0.5) is 8.78 Å². The third-order valence-electron chi connectivity index (χ3n) is 2.42. The molecule has 1 unspecified atom stereocenters. The van der Waals surface area contributed by atoms with Crippen molar-refractivity contribution in [3.63, 3.8) is 0 Å². The van der Waals surface area contributed by atoms with Gasteiger partial charge < -0.3 is 5.11 Å². The Balaban J connectivity index is 2.47. The monoisotopic (exact) mass is 274 g/mol.